The highest BCUT2D eigenvalue weighted by atomic mass is 28.3. The summed E-state index contributed by atoms with van der Waals surface area (Å²) in [7, 11) is -1.30. The number of urea groups is 1. The normalized spacial score (nSPS) is 14.1. The Labute approximate surface area is 262 Å². The number of pyridine rings is 1. The predicted octanol–water partition coefficient (Wildman–Crippen LogP) is 7.42. The molecular weight excluding hydrogens is 596 g/mol. The minimum Gasteiger partial charge on any atom is -0.450 e. The second kappa shape index (κ2) is 13.0. The van der Waals surface area contributed by atoms with Crippen molar-refractivity contribution in [1.29, 1.82) is 5.26 Å². The van der Waals surface area contributed by atoms with Gasteiger partial charge in [-0.25, -0.2) is 18.6 Å². The van der Waals surface area contributed by atoms with Crippen molar-refractivity contribution in [2.45, 2.75) is 46.3 Å². The van der Waals surface area contributed by atoms with E-state index in [4.69, 9.17) is 14.2 Å². The summed E-state index contributed by atoms with van der Waals surface area (Å²) in [4.78, 5) is 16.9. The number of ether oxygens (including phenoxy) is 3. The van der Waals surface area contributed by atoms with Gasteiger partial charge in [0.2, 0.25) is 0 Å². The van der Waals surface area contributed by atoms with Crippen LogP contribution in [0, 0.1) is 35.3 Å². The molecule has 2 aromatic heterocycles. The van der Waals surface area contributed by atoms with Crippen LogP contribution in [0.3, 0.4) is 0 Å². The standard InChI is InChI=1S/C33H37F2N5O4Si/c1-21-12-22(6-7-23(21)15-36)25-16-40(20-42-10-11-45(3,4)5)31-29(25)28(8-9-37-31)44-30-26(34)13-24(14-27(30)35)39-32(41)38-17-33(2)18-43-19-33/h6-9,12-14,16H,10-11,17-20H2,1-5H3,(H2,38,39,41). The maximum Gasteiger partial charge on any atom is 0.319 e. The number of carbonyl (C=O) groups is 1. The van der Waals surface area contributed by atoms with Gasteiger partial charge in [0.05, 0.1) is 30.2 Å². The lowest BCUT2D eigenvalue weighted by Gasteiger charge is -2.37. The number of anilines is 1. The van der Waals surface area contributed by atoms with Gasteiger partial charge in [0.25, 0.3) is 0 Å². The van der Waals surface area contributed by atoms with Crippen molar-refractivity contribution in [3.05, 3.63) is 71.6 Å². The van der Waals surface area contributed by atoms with Crippen LogP contribution in [0.5, 0.6) is 11.5 Å². The van der Waals surface area contributed by atoms with Crippen molar-refractivity contribution in [3.63, 3.8) is 0 Å². The molecule has 12 heteroatoms. The molecule has 5 rings (SSSR count). The lowest BCUT2D eigenvalue weighted by Crippen LogP contribution is -2.49. The number of nitrogens with one attached hydrogen (secondary N) is 2. The summed E-state index contributed by atoms with van der Waals surface area (Å²) >= 11 is 0. The highest BCUT2D eigenvalue weighted by Gasteiger charge is 2.33. The van der Waals surface area contributed by atoms with Gasteiger partial charge >= 0.3 is 6.03 Å². The Morgan fingerprint density at radius 3 is 2.53 bits per heavy atom. The fraction of sp³-hybridized carbons (Fsp3) is 0.364. The zero-order valence-corrected chi connectivity index (χ0v) is 27.1. The van der Waals surface area contributed by atoms with E-state index in [0.29, 0.717) is 48.5 Å². The number of nitrogens with zero attached hydrogens (tertiary/aromatic N) is 3. The van der Waals surface area contributed by atoms with Crippen LogP contribution < -0.4 is 15.4 Å². The first-order valence-corrected chi connectivity index (χ1v) is 18.4. The minimum atomic E-state index is -1.30. The van der Waals surface area contributed by atoms with Crippen molar-refractivity contribution in [3.8, 4) is 28.7 Å². The van der Waals surface area contributed by atoms with E-state index in [2.05, 4.69) is 41.3 Å². The molecule has 0 spiro atoms. The molecule has 0 radical (unpaired) electrons. The smallest absolute Gasteiger partial charge is 0.319 e. The Bertz CT molecular complexity index is 1750. The quantitative estimate of drug-likeness (QED) is 0.131. The molecule has 1 fully saturated rings. The number of aryl methyl sites for hydroxylation is 1. The molecule has 2 aromatic carbocycles. The van der Waals surface area contributed by atoms with E-state index in [0.717, 1.165) is 29.3 Å². The van der Waals surface area contributed by atoms with Crippen molar-refractivity contribution < 1.29 is 27.8 Å². The van der Waals surface area contributed by atoms with Gasteiger partial charge in [-0.1, -0.05) is 38.7 Å². The molecule has 2 amide bonds. The minimum absolute atomic E-state index is 0.0555. The summed E-state index contributed by atoms with van der Waals surface area (Å²) < 4.78 is 49.6. The van der Waals surface area contributed by atoms with Crippen molar-refractivity contribution in [1.82, 2.24) is 14.9 Å². The van der Waals surface area contributed by atoms with E-state index < -0.39 is 31.5 Å². The van der Waals surface area contributed by atoms with Crippen LogP contribution in [0.25, 0.3) is 22.2 Å². The molecule has 0 unspecified atom stereocenters. The Morgan fingerprint density at radius 2 is 1.91 bits per heavy atom. The fourth-order valence-electron chi connectivity index (χ4n) is 4.95. The highest BCUT2D eigenvalue weighted by molar-refractivity contribution is 6.76. The van der Waals surface area contributed by atoms with E-state index >= 15 is 8.78 Å². The molecule has 0 aliphatic carbocycles. The summed E-state index contributed by atoms with van der Waals surface area (Å²) in [5, 5.41) is 15.1. The number of carbonyl (C=O) groups excluding carboxylic acids is 1. The molecule has 0 bridgehead atoms. The molecule has 3 heterocycles. The summed E-state index contributed by atoms with van der Waals surface area (Å²) in [6.45, 7) is 12.9. The van der Waals surface area contributed by atoms with Crippen LogP contribution in [-0.2, 0) is 16.2 Å². The number of hydrogen-bond donors (Lipinski definition) is 2. The number of fused-ring (bicyclic) bond motifs is 1. The second-order valence-electron chi connectivity index (χ2n) is 13.0. The molecule has 2 N–H and O–H groups in total. The van der Waals surface area contributed by atoms with Crippen molar-refractivity contribution in [2.24, 2.45) is 5.41 Å². The predicted molar refractivity (Wildman–Crippen MR) is 171 cm³/mol. The van der Waals surface area contributed by atoms with Gasteiger partial charge in [-0.05, 0) is 36.2 Å². The van der Waals surface area contributed by atoms with E-state index in [-0.39, 0.29) is 23.6 Å². The average Bonchev–Trinajstić information content (AvgIpc) is 3.34. The average molecular weight is 634 g/mol. The molecule has 236 valence electrons. The highest BCUT2D eigenvalue weighted by Crippen LogP contribution is 2.40. The third-order valence-electron chi connectivity index (χ3n) is 7.65. The number of rotatable bonds is 11. The van der Waals surface area contributed by atoms with Crippen LogP contribution >= 0.6 is 0 Å². The zero-order valence-electron chi connectivity index (χ0n) is 26.1. The summed E-state index contributed by atoms with van der Waals surface area (Å²) in [6.07, 6.45) is 3.38. The molecule has 45 heavy (non-hydrogen) atoms. The maximum absolute atomic E-state index is 15.3. The largest absolute Gasteiger partial charge is 0.450 e. The molecule has 9 nitrogen and oxygen atoms in total. The number of amides is 2. The van der Waals surface area contributed by atoms with E-state index in [1.165, 1.54) is 6.20 Å². The lowest BCUT2D eigenvalue weighted by atomic mass is 9.89. The summed E-state index contributed by atoms with van der Waals surface area (Å²) in [5.41, 5.74) is 3.12. The Balaban J connectivity index is 1.45. The van der Waals surface area contributed by atoms with Crippen LogP contribution in [0.2, 0.25) is 25.7 Å². The van der Waals surface area contributed by atoms with Crippen LogP contribution in [0.15, 0.2) is 48.8 Å². The Hall–Kier alpha value is -4.31. The number of hydrogen-bond acceptors (Lipinski definition) is 6. The lowest BCUT2D eigenvalue weighted by molar-refractivity contribution is -0.0974. The summed E-state index contributed by atoms with van der Waals surface area (Å²) in [6, 6.07) is 11.6. The molecule has 0 atom stereocenters. The number of benzene rings is 2. The van der Waals surface area contributed by atoms with Gasteiger partial charge in [-0.3, -0.25) is 0 Å². The third kappa shape index (κ3) is 7.50. The maximum atomic E-state index is 15.3. The van der Waals surface area contributed by atoms with Crippen molar-refractivity contribution >= 4 is 30.8 Å². The molecule has 1 aliphatic heterocycles. The van der Waals surface area contributed by atoms with Gasteiger partial charge in [-0.2, -0.15) is 5.26 Å². The Morgan fingerprint density at radius 1 is 1.18 bits per heavy atom. The van der Waals surface area contributed by atoms with Crippen molar-refractivity contribution in [2.75, 3.05) is 31.7 Å². The monoisotopic (exact) mass is 633 g/mol. The van der Waals surface area contributed by atoms with Crippen LogP contribution in [-0.4, -0.2) is 50.0 Å². The number of aromatic nitrogens is 2. The Kier molecular flexibility index (Phi) is 9.25. The van der Waals surface area contributed by atoms with Gasteiger partial charge < -0.3 is 29.4 Å². The van der Waals surface area contributed by atoms with Crippen LogP contribution in [0.1, 0.15) is 18.1 Å². The van der Waals surface area contributed by atoms with Gasteiger partial charge in [0.15, 0.2) is 17.4 Å². The molecular formula is C33H37F2N5O4Si. The van der Waals surface area contributed by atoms with Gasteiger partial charge in [-0.15, -0.1) is 0 Å². The van der Waals surface area contributed by atoms with Crippen LogP contribution in [0.4, 0.5) is 19.3 Å². The first-order chi connectivity index (χ1) is 21.4. The topological polar surface area (TPSA) is 110 Å². The molecule has 1 saturated heterocycles. The first kappa shape index (κ1) is 32.1. The summed E-state index contributed by atoms with van der Waals surface area (Å²) in [5.74, 6) is -2.40. The van der Waals surface area contributed by atoms with Gasteiger partial charge in [0, 0.05) is 62.4 Å². The third-order valence-corrected chi connectivity index (χ3v) is 9.35. The fourth-order valence-corrected chi connectivity index (χ4v) is 5.70. The number of nitriles is 1. The number of halogens is 2. The first-order valence-electron chi connectivity index (χ1n) is 14.7. The SMILES string of the molecule is Cc1cc(-c2cn(COCC[Si](C)(C)C)c3nccc(Oc4c(F)cc(NC(=O)NCC5(C)COC5)cc4F)c23)ccc1C#N. The van der Waals surface area contributed by atoms with E-state index in [9.17, 15) is 10.1 Å². The molecule has 0 saturated carbocycles. The van der Waals surface area contributed by atoms with Gasteiger partial charge in [0.1, 0.15) is 18.1 Å². The second-order valence-corrected chi connectivity index (χ2v) is 18.6. The van der Waals surface area contributed by atoms with E-state index in [1.54, 1.807) is 12.1 Å². The molecule has 4 aromatic rings. The zero-order chi connectivity index (χ0) is 32.4. The molecule has 1 aliphatic rings. The van der Waals surface area contributed by atoms with E-state index in [1.807, 2.05) is 36.7 Å².